The van der Waals surface area contributed by atoms with Crippen molar-refractivity contribution in [1.29, 1.82) is 0 Å². The van der Waals surface area contributed by atoms with Crippen molar-refractivity contribution in [2.75, 3.05) is 11.9 Å². The van der Waals surface area contributed by atoms with Gasteiger partial charge >= 0.3 is 11.9 Å². The lowest BCUT2D eigenvalue weighted by atomic mass is 10.0. The van der Waals surface area contributed by atoms with E-state index in [0.29, 0.717) is 16.1 Å². The molecule has 1 aromatic heterocycles. The molecule has 0 saturated heterocycles. The van der Waals surface area contributed by atoms with Crippen molar-refractivity contribution in [3.8, 4) is 11.1 Å². The van der Waals surface area contributed by atoms with Gasteiger partial charge in [-0.05, 0) is 12.5 Å². The van der Waals surface area contributed by atoms with Gasteiger partial charge < -0.3 is 14.8 Å². The molecule has 0 bridgehead atoms. The molecule has 154 valence electrons. The molecule has 1 N–H and O–H groups in total. The van der Waals surface area contributed by atoms with Crippen LogP contribution in [0.1, 0.15) is 35.9 Å². The topological polar surface area (TPSA) is 81.7 Å². The van der Waals surface area contributed by atoms with Crippen LogP contribution in [-0.2, 0) is 19.1 Å². The maximum Gasteiger partial charge on any atom is 0.341 e. The number of carbonyl (C=O) groups is 3. The zero-order valence-electron chi connectivity index (χ0n) is 16.6. The van der Waals surface area contributed by atoms with Crippen LogP contribution in [0.5, 0.6) is 0 Å². The Kier molecular flexibility index (Phi) is 6.98. The summed E-state index contributed by atoms with van der Waals surface area (Å²) in [5.41, 5.74) is 2.30. The minimum atomic E-state index is -1.14. The normalized spacial score (nSPS) is 11.4. The molecule has 3 rings (SSSR count). The molecular formula is C23H21NO5S. The fourth-order valence-corrected chi connectivity index (χ4v) is 3.89. The van der Waals surface area contributed by atoms with Gasteiger partial charge in [0.2, 0.25) is 6.10 Å². The van der Waals surface area contributed by atoms with Crippen LogP contribution in [-0.4, -0.2) is 24.5 Å². The minimum Gasteiger partial charge on any atom is -0.462 e. The van der Waals surface area contributed by atoms with Crippen molar-refractivity contribution in [2.45, 2.75) is 20.0 Å². The van der Waals surface area contributed by atoms with Gasteiger partial charge in [0.05, 0.1) is 6.61 Å². The van der Waals surface area contributed by atoms with Gasteiger partial charge in [0.25, 0.3) is 5.91 Å². The first-order chi connectivity index (χ1) is 14.5. The molecule has 1 atom stereocenters. The SMILES string of the molecule is CCOC(=O)c1c(-c2ccccc2)csc1NC(=O)[C@@H](OC(C)=O)c1ccccc1. The van der Waals surface area contributed by atoms with Gasteiger partial charge in [-0.2, -0.15) is 0 Å². The van der Waals surface area contributed by atoms with Gasteiger partial charge in [-0.15, -0.1) is 11.3 Å². The molecule has 0 unspecified atom stereocenters. The highest BCUT2D eigenvalue weighted by Gasteiger charge is 2.28. The summed E-state index contributed by atoms with van der Waals surface area (Å²) >= 11 is 1.21. The number of ether oxygens (including phenoxy) is 2. The first kappa shape index (κ1) is 21.3. The van der Waals surface area contributed by atoms with Crippen molar-refractivity contribution < 1.29 is 23.9 Å². The van der Waals surface area contributed by atoms with Crippen LogP contribution < -0.4 is 5.32 Å². The summed E-state index contributed by atoms with van der Waals surface area (Å²) in [6, 6.07) is 18.1. The van der Waals surface area contributed by atoms with Gasteiger partial charge in [0, 0.05) is 23.4 Å². The number of nitrogens with one attached hydrogen (secondary N) is 1. The van der Waals surface area contributed by atoms with Gasteiger partial charge in [-0.3, -0.25) is 9.59 Å². The molecule has 0 saturated carbocycles. The van der Waals surface area contributed by atoms with Crippen molar-refractivity contribution in [3.63, 3.8) is 0 Å². The molecule has 7 heteroatoms. The van der Waals surface area contributed by atoms with Crippen molar-refractivity contribution in [2.24, 2.45) is 0 Å². The second kappa shape index (κ2) is 9.84. The molecule has 0 aliphatic rings. The number of esters is 2. The zero-order valence-corrected chi connectivity index (χ0v) is 17.4. The Morgan fingerprint density at radius 3 is 2.23 bits per heavy atom. The Balaban J connectivity index is 1.96. The van der Waals surface area contributed by atoms with Crippen molar-refractivity contribution >= 4 is 34.2 Å². The Morgan fingerprint density at radius 2 is 1.63 bits per heavy atom. The average Bonchev–Trinajstić information content (AvgIpc) is 3.17. The molecular weight excluding hydrogens is 402 g/mol. The number of amides is 1. The number of hydrogen-bond donors (Lipinski definition) is 1. The summed E-state index contributed by atoms with van der Waals surface area (Å²) in [6.07, 6.45) is -1.14. The van der Waals surface area contributed by atoms with Crippen molar-refractivity contribution in [1.82, 2.24) is 0 Å². The summed E-state index contributed by atoms with van der Waals surface area (Å²) in [5, 5.41) is 4.88. The first-order valence-corrected chi connectivity index (χ1v) is 10.3. The molecule has 3 aromatic rings. The highest BCUT2D eigenvalue weighted by molar-refractivity contribution is 7.15. The predicted molar refractivity (Wildman–Crippen MR) is 115 cm³/mol. The monoisotopic (exact) mass is 423 g/mol. The number of anilines is 1. The quantitative estimate of drug-likeness (QED) is 0.550. The summed E-state index contributed by atoms with van der Waals surface area (Å²) in [4.78, 5) is 37.2. The Morgan fingerprint density at radius 1 is 1.00 bits per heavy atom. The van der Waals surface area contributed by atoms with Gasteiger partial charge in [0.15, 0.2) is 0 Å². The largest absolute Gasteiger partial charge is 0.462 e. The number of thiophene rings is 1. The molecule has 1 amide bonds. The van der Waals surface area contributed by atoms with Crippen LogP contribution in [0.4, 0.5) is 5.00 Å². The standard InChI is InChI=1S/C23H21NO5S/c1-3-28-23(27)19-18(16-10-6-4-7-11-16)14-30-22(19)24-21(26)20(29-15(2)25)17-12-8-5-9-13-17/h4-14,20H,3H2,1-2H3,(H,24,26)/t20-/m0/s1. The highest BCUT2D eigenvalue weighted by atomic mass is 32.1. The number of hydrogen-bond acceptors (Lipinski definition) is 6. The van der Waals surface area contributed by atoms with Crippen LogP contribution in [0, 0.1) is 0 Å². The molecule has 0 spiro atoms. The number of rotatable bonds is 7. The van der Waals surface area contributed by atoms with E-state index in [1.165, 1.54) is 18.3 Å². The van der Waals surface area contributed by atoms with E-state index in [4.69, 9.17) is 9.47 Å². The Bertz CT molecular complexity index is 1030. The smallest absolute Gasteiger partial charge is 0.341 e. The second-order valence-electron chi connectivity index (χ2n) is 6.33. The van der Waals surface area contributed by atoms with Crippen LogP contribution in [0.15, 0.2) is 66.0 Å². The number of benzene rings is 2. The fraction of sp³-hybridized carbons (Fsp3) is 0.174. The Labute approximate surface area is 178 Å². The van der Waals surface area contributed by atoms with E-state index in [0.717, 1.165) is 5.56 Å². The molecule has 0 aliphatic heterocycles. The zero-order chi connectivity index (χ0) is 21.5. The minimum absolute atomic E-state index is 0.205. The van der Waals surface area contributed by atoms with E-state index in [9.17, 15) is 14.4 Å². The predicted octanol–water partition coefficient (Wildman–Crippen LogP) is 4.83. The summed E-state index contributed by atoms with van der Waals surface area (Å²) in [5.74, 6) is -1.67. The van der Waals surface area contributed by atoms with E-state index >= 15 is 0 Å². The van der Waals surface area contributed by atoms with E-state index in [1.807, 2.05) is 30.3 Å². The lowest BCUT2D eigenvalue weighted by molar-refractivity contribution is -0.152. The third-order valence-electron chi connectivity index (χ3n) is 4.22. The van der Waals surface area contributed by atoms with Gasteiger partial charge in [-0.25, -0.2) is 4.79 Å². The lowest BCUT2D eigenvalue weighted by Gasteiger charge is -2.17. The van der Waals surface area contributed by atoms with E-state index in [2.05, 4.69) is 5.32 Å². The van der Waals surface area contributed by atoms with E-state index in [1.54, 1.807) is 42.6 Å². The van der Waals surface area contributed by atoms with Crippen LogP contribution in [0.25, 0.3) is 11.1 Å². The lowest BCUT2D eigenvalue weighted by Crippen LogP contribution is -2.25. The third-order valence-corrected chi connectivity index (χ3v) is 5.11. The first-order valence-electron chi connectivity index (χ1n) is 9.38. The molecule has 6 nitrogen and oxygen atoms in total. The molecule has 0 radical (unpaired) electrons. The average molecular weight is 423 g/mol. The third kappa shape index (κ3) is 4.93. The molecule has 0 fully saturated rings. The fourth-order valence-electron chi connectivity index (χ4n) is 2.93. The van der Waals surface area contributed by atoms with E-state index < -0.39 is 23.9 Å². The second-order valence-corrected chi connectivity index (χ2v) is 7.21. The summed E-state index contributed by atoms with van der Waals surface area (Å²) in [6.45, 7) is 3.17. The Hall–Kier alpha value is -3.45. The maximum absolute atomic E-state index is 13.0. The molecule has 30 heavy (non-hydrogen) atoms. The summed E-state index contributed by atoms with van der Waals surface area (Å²) < 4.78 is 10.5. The van der Waals surface area contributed by atoms with Gasteiger partial charge in [0.1, 0.15) is 10.6 Å². The maximum atomic E-state index is 13.0. The molecule has 1 heterocycles. The van der Waals surface area contributed by atoms with E-state index in [-0.39, 0.29) is 12.2 Å². The van der Waals surface area contributed by atoms with Gasteiger partial charge in [-0.1, -0.05) is 60.7 Å². The van der Waals surface area contributed by atoms with Crippen LogP contribution >= 0.6 is 11.3 Å². The highest BCUT2D eigenvalue weighted by Crippen LogP contribution is 2.37. The van der Waals surface area contributed by atoms with Crippen LogP contribution in [0.2, 0.25) is 0 Å². The van der Waals surface area contributed by atoms with Crippen molar-refractivity contribution in [3.05, 3.63) is 77.2 Å². The summed E-state index contributed by atoms with van der Waals surface area (Å²) in [7, 11) is 0. The molecule has 0 aliphatic carbocycles. The van der Waals surface area contributed by atoms with Crippen LogP contribution in [0.3, 0.4) is 0 Å². The molecule has 2 aromatic carbocycles. The number of carbonyl (C=O) groups excluding carboxylic acids is 3.